The number of phenols is 2. The standard InChI is InChI=1S/C13H18O2/c1-2-3-4-13(5-6-13)10-7-11(14)9-12(15)8-10/h7-9,14-15H,2-6H2,1H3. The molecule has 0 atom stereocenters. The predicted molar refractivity (Wildman–Crippen MR) is 60.2 cm³/mol. The molecule has 2 heteroatoms. The third-order valence-corrected chi connectivity index (χ3v) is 3.38. The average molecular weight is 206 g/mol. The maximum absolute atomic E-state index is 9.45. The fourth-order valence-electron chi connectivity index (χ4n) is 2.25. The van der Waals surface area contributed by atoms with Crippen molar-refractivity contribution >= 4 is 0 Å². The smallest absolute Gasteiger partial charge is 0.119 e. The van der Waals surface area contributed by atoms with Crippen LogP contribution in [-0.4, -0.2) is 10.2 Å². The Morgan fingerprint density at radius 2 is 1.73 bits per heavy atom. The summed E-state index contributed by atoms with van der Waals surface area (Å²) in [4.78, 5) is 0. The molecule has 1 aliphatic rings. The molecule has 0 unspecified atom stereocenters. The topological polar surface area (TPSA) is 40.5 Å². The number of unbranched alkanes of at least 4 members (excludes halogenated alkanes) is 1. The lowest BCUT2D eigenvalue weighted by Crippen LogP contribution is -2.05. The predicted octanol–water partition coefficient (Wildman–Crippen LogP) is 3.32. The molecule has 0 radical (unpaired) electrons. The van der Waals surface area contributed by atoms with E-state index < -0.39 is 0 Å². The van der Waals surface area contributed by atoms with E-state index in [9.17, 15) is 10.2 Å². The van der Waals surface area contributed by atoms with Crippen molar-refractivity contribution < 1.29 is 10.2 Å². The summed E-state index contributed by atoms with van der Waals surface area (Å²) in [7, 11) is 0. The molecule has 0 saturated heterocycles. The van der Waals surface area contributed by atoms with Crippen molar-refractivity contribution in [2.24, 2.45) is 0 Å². The summed E-state index contributed by atoms with van der Waals surface area (Å²) < 4.78 is 0. The summed E-state index contributed by atoms with van der Waals surface area (Å²) in [5.74, 6) is 0.348. The zero-order chi connectivity index (χ0) is 10.9. The number of hydrogen-bond acceptors (Lipinski definition) is 2. The fourth-order valence-corrected chi connectivity index (χ4v) is 2.25. The van der Waals surface area contributed by atoms with Crippen LogP contribution < -0.4 is 0 Å². The highest BCUT2D eigenvalue weighted by Gasteiger charge is 2.43. The van der Waals surface area contributed by atoms with Gasteiger partial charge in [0.15, 0.2) is 0 Å². The zero-order valence-electron chi connectivity index (χ0n) is 9.16. The van der Waals surface area contributed by atoms with Crippen molar-refractivity contribution in [3.05, 3.63) is 23.8 Å². The summed E-state index contributed by atoms with van der Waals surface area (Å²) >= 11 is 0. The fraction of sp³-hybridized carbons (Fsp3) is 0.538. The van der Waals surface area contributed by atoms with Crippen LogP contribution in [0.25, 0.3) is 0 Å². The lowest BCUT2D eigenvalue weighted by molar-refractivity contribution is 0.445. The average Bonchev–Trinajstić information content (AvgIpc) is 2.94. The first-order valence-electron chi connectivity index (χ1n) is 5.70. The Balaban J connectivity index is 2.21. The van der Waals surface area contributed by atoms with E-state index >= 15 is 0 Å². The number of rotatable bonds is 4. The van der Waals surface area contributed by atoms with E-state index in [0.29, 0.717) is 0 Å². The third-order valence-electron chi connectivity index (χ3n) is 3.38. The van der Waals surface area contributed by atoms with Gasteiger partial charge in [0.05, 0.1) is 0 Å². The molecular formula is C13H18O2. The minimum Gasteiger partial charge on any atom is -0.508 e. The Morgan fingerprint density at radius 3 is 2.20 bits per heavy atom. The van der Waals surface area contributed by atoms with Gasteiger partial charge in [0.1, 0.15) is 11.5 Å². The van der Waals surface area contributed by atoms with Crippen LogP contribution >= 0.6 is 0 Å². The first-order chi connectivity index (χ1) is 7.16. The highest BCUT2D eigenvalue weighted by atomic mass is 16.3. The van der Waals surface area contributed by atoms with Gasteiger partial charge in [-0.15, -0.1) is 0 Å². The summed E-state index contributed by atoms with van der Waals surface area (Å²) in [5, 5.41) is 18.9. The molecule has 0 bridgehead atoms. The largest absolute Gasteiger partial charge is 0.508 e. The number of aromatic hydroxyl groups is 2. The van der Waals surface area contributed by atoms with E-state index in [-0.39, 0.29) is 16.9 Å². The van der Waals surface area contributed by atoms with E-state index in [1.54, 1.807) is 12.1 Å². The summed E-state index contributed by atoms with van der Waals surface area (Å²) in [6.07, 6.45) is 5.97. The molecule has 1 aliphatic carbocycles. The third kappa shape index (κ3) is 2.09. The Morgan fingerprint density at radius 1 is 1.13 bits per heavy atom. The molecule has 1 fully saturated rings. The Bertz CT molecular complexity index is 333. The Hall–Kier alpha value is -1.18. The lowest BCUT2D eigenvalue weighted by Gasteiger charge is -2.15. The molecule has 1 aromatic carbocycles. The van der Waals surface area contributed by atoms with Gasteiger partial charge in [-0.05, 0) is 42.4 Å². The molecule has 1 saturated carbocycles. The van der Waals surface area contributed by atoms with E-state index in [2.05, 4.69) is 6.92 Å². The Labute approximate surface area is 90.6 Å². The molecule has 0 aliphatic heterocycles. The molecule has 0 heterocycles. The second-order valence-electron chi connectivity index (χ2n) is 4.62. The van der Waals surface area contributed by atoms with Crippen LogP contribution in [0.5, 0.6) is 11.5 Å². The van der Waals surface area contributed by atoms with E-state index in [1.807, 2.05) is 0 Å². The molecule has 2 nitrogen and oxygen atoms in total. The highest BCUT2D eigenvalue weighted by Crippen LogP contribution is 2.53. The van der Waals surface area contributed by atoms with Crippen LogP contribution in [0.3, 0.4) is 0 Å². The van der Waals surface area contributed by atoms with Gasteiger partial charge in [0.25, 0.3) is 0 Å². The van der Waals surface area contributed by atoms with Gasteiger partial charge >= 0.3 is 0 Å². The van der Waals surface area contributed by atoms with Crippen LogP contribution in [0, 0.1) is 0 Å². The van der Waals surface area contributed by atoms with Crippen molar-refractivity contribution in [3.8, 4) is 11.5 Å². The molecule has 82 valence electrons. The van der Waals surface area contributed by atoms with Crippen LogP contribution in [-0.2, 0) is 5.41 Å². The van der Waals surface area contributed by atoms with Gasteiger partial charge < -0.3 is 10.2 Å². The normalized spacial score (nSPS) is 17.7. The lowest BCUT2D eigenvalue weighted by atomic mass is 9.90. The van der Waals surface area contributed by atoms with E-state index in [4.69, 9.17) is 0 Å². The van der Waals surface area contributed by atoms with Crippen molar-refractivity contribution in [1.82, 2.24) is 0 Å². The molecule has 0 aromatic heterocycles. The van der Waals surface area contributed by atoms with Gasteiger partial charge in [0, 0.05) is 6.07 Å². The van der Waals surface area contributed by atoms with Crippen LogP contribution in [0.2, 0.25) is 0 Å². The SMILES string of the molecule is CCCCC1(c2cc(O)cc(O)c2)CC1. The summed E-state index contributed by atoms with van der Waals surface area (Å²) in [6, 6.07) is 4.98. The van der Waals surface area contributed by atoms with E-state index in [1.165, 1.54) is 38.2 Å². The maximum atomic E-state index is 9.45. The second kappa shape index (κ2) is 3.76. The highest BCUT2D eigenvalue weighted by molar-refractivity contribution is 5.42. The maximum Gasteiger partial charge on any atom is 0.119 e. The van der Waals surface area contributed by atoms with Gasteiger partial charge in [-0.25, -0.2) is 0 Å². The van der Waals surface area contributed by atoms with Crippen molar-refractivity contribution in [3.63, 3.8) is 0 Å². The second-order valence-corrected chi connectivity index (χ2v) is 4.62. The molecule has 2 N–H and O–H groups in total. The molecular weight excluding hydrogens is 188 g/mol. The first-order valence-corrected chi connectivity index (χ1v) is 5.70. The van der Waals surface area contributed by atoms with Crippen molar-refractivity contribution in [2.45, 2.75) is 44.4 Å². The summed E-state index contributed by atoms with van der Waals surface area (Å²) in [6.45, 7) is 2.19. The number of benzene rings is 1. The molecule has 15 heavy (non-hydrogen) atoms. The van der Waals surface area contributed by atoms with E-state index in [0.717, 1.165) is 5.56 Å². The number of phenolic OH excluding ortho intramolecular Hbond substituents is 2. The van der Waals surface area contributed by atoms with Crippen molar-refractivity contribution in [2.75, 3.05) is 0 Å². The number of hydrogen-bond donors (Lipinski definition) is 2. The van der Waals surface area contributed by atoms with Gasteiger partial charge in [-0.2, -0.15) is 0 Å². The first kappa shape index (κ1) is 10.3. The van der Waals surface area contributed by atoms with Crippen LogP contribution in [0.1, 0.15) is 44.6 Å². The van der Waals surface area contributed by atoms with Gasteiger partial charge in [-0.3, -0.25) is 0 Å². The minimum atomic E-state index is 0.174. The molecule has 2 rings (SSSR count). The summed E-state index contributed by atoms with van der Waals surface area (Å²) in [5.41, 5.74) is 1.36. The molecule has 0 spiro atoms. The van der Waals surface area contributed by atoms with Gasteiger partial charge in [0.2, 0.25) is 0 Å². The molecule has 1 aromatic rings. The monoisotopic (exact) mass is 206 g/mol. The Kier molecular flexibility index (Phi) is 2.59. The van der Waals surface area contributed by atoms with Crippen molar-refractivity contribution in [1.29, 1.82) is 0 Å². The molecule has 0 amide bonds. The van der Waals surface area contributed by atoms with Crippen LogP contribution in [0.4, 0.5) is 0 Å². The zero-order valence-corrected chi connectivity index (χ0v) is 9.16. The quantitative estimate of drug-likeness (QED) is 0.793. The minimum absolute atomic E-state index is 0.174. The van der Waals surface area contributed by atoms with Crippen LogP contribution in [0.15, 0.2) is 18.2 Å². The van der Waals surface area contributed by atoms with Gasteiger partial charge in [-0.1, -0.05) is 19.8 Å².